The largest absolute Gasteiger partial charge is 0.185 e. The van der Waals surface area contributed by atoms with Gasteiger partial charge in [0.25, 0.3) is 0 Å². The van der Waals surface area contributed by atoms with Crippen molar-refractivity contribution < 1.29 is 0 Å². The van der Waals surface area contributed by atoms with Crippen molar-refractivity contribution in [2.24, 2.45) is 16.1 Å². The minimum Gasteiger partial charge on any atom is -0.185 e. The Bertz CT molecular complexity index is 311. The first-order valence-electron chi connectivity index (χ1n) is 5.80. The van der Waals surface area contributed by atoms with Gasteiger partial charge in [-0.05, 0) is 43.7 Å². The topological polar surface area (TPSA) is 24.7 Å². The van der Waals surface area contributed by atoms with Crippen LogP contribution >= 0.6 is 0 Å². The molecule has 0 saturated heterocycles. The Labute approximate surface area is 91.4 Å². The molecule has 0 amide bonds. The molecule has 15 heavy (non-hydrogen) atoms. The maximum Gasteiger partial charge on any atom is 0.0852 e. The fourth-order valence-corrected chi connectivity index (χ4v) is 2.00. The van der Waals surface area contributed by atoms with Crippen LogP contribution in [0.4, 0.5) is 5.69 Å². The van der Waals surface area contributed by atoms with Gasteiger partial charge >= 0.3 is 0 Å². The second-order valence-electron chi connectivity index (χ2n) is 4.46. The van der Waals surface area contributed by atoms with Crippen LogP contribution in [-0.4, -0.2) is 6.04 Å². The van der Waals surface area contributed by atoms with Crippen LogP contribution in [0.25, 0.3) is 0 Å². The third-order valence-corrected chi connectivity index (χ3v) is 3.08. The van der Waals surface area contributed by atoms with Crippen molar-refractivity contribution in [3.05, 3.63) is 30.3 Å². The van der Waals surface area contributed by atoms with E-state index in [1.807, 2.05) is 30.3 Å². The minimum atomic E-state index is 0.460. The Balaban J connectivity index is 1.89. The van der Waals surface area contributed by atoms with Gasteiger partial charge in [0.2, 0.25) is 0 Å². The fraction of sp³-hybridized carbons (Fsp3) is 0.538. The zero-order valence-corrected chi connectivity index (χ0v) is 9.26. The lowest BCUT2D eigenvalue weighted by atomic mass is 9.88. The van der Waals surface area contributed by atoms with E-state index < -0.39 is 0 Å². The summed E-state index contributed by atoms with van der Waals surface area (Å²) >= 11 is 0. The smallest absolute Gasteiger partial charge is 0.0852 e. The summed E-state index contributed by atoms with van der Waals surface area (Å²) in [6, 6.07) is 10.4. The van der Waals surface area contributed by atoms with Crippen LogP contribution in [-0.2, 0) is 0 Å². The molecule has 0 aliphatic heterocycles. The molecule has 2 heteroatoms. The molecule has 1 saturated carbocycles. The van der Waals surface area contributed by atoms with Gasteiger partial charge in [0.1, 0.15) is 0 Å². The summed E-state index contributed by atoms with van der Waals surface area (Å²) in [4.78, 5) is 0. The highest BCUT2D eigenvalue weighted by molar-refractivity contribution is 5.34. The number of hydrogen-bond acceptors (Lipinski definition) is 2. The van der Waals surface area contributed by atoms with Crippen molar-refractivity contribution in [1.29, 1.82) is 0 Å². The molecule has 1 aromatic rings. The van der Waals surface area contributed by atoms with Gasteiger partial charge in [-0.3, -0.25) is 0 Å². The first-order chi connectivity index (χ1) is 7.34. The molecule has 0 atom stereocenters. The molecule has 2 rings (SSSR count). The van der Waals surface area contributed by atoms with Gasteiger partial charge in [-0.1, -0.05) is 25.1 Å². The van der Waals surface area contributed by atoms with E-state index in [9.17, 15) is 0 Å². The van der Waals surface area contributed by atoms with E-state index in [0.717, 1.165) is 11.6 Å². The zero-order valence-electron chi connectivity index (χ0n) is 9.26. The molecular formula is C13H18N2. The highest BCUT2D eigenvalue weighted by Gasteiger charge is 2.17. The molecule has 0 radical (unpaired) electrons. The lowest BCUT2D eigenvalue weighted by molar-refractivity contribution is 0.343. The monoisotopic (exact) mass is 202 g/mol. The quantitative estimate of drug-likeness (QED) is 0.637. The zero-order chi connectivity index (χ0) is 10.5. The molecule has 1 aliphatic rings. The van der Waals surface area contributed by atoms with Crippen LogP contribution in [0.5, 0.6) is 0 Å². The summed E-state index contributed by atoms with van der Waals surface area (Å²) in [5.74, 6) is 0.883. The lowest BCUT2D eigenvalue weighted by Gasteiger charge is -2.21. The second kappa shape index (κ2) is 5.06. The Hall–Kier alpha value is -1.18. The first-order valence-corrected chi connectivity index (χ1v) is 5.80. The SMILES string of the molecule is CC1CCC(/N=N/c2ccccc2)CC1. The summed E-state index contributed by atoms with van der Waals surface area (Å²) in [6.45, 7) is 2.32. The molecule has 80 valence electrons. The van der Waals surface area contributed by atoms with Crippen LogP contribution in [0.2, 0.25) is 0 Å². The number of hydrogen-bond donors (Lipinski definition) is 0. The van der Waals surface area contributed by atoms with Crippen LogP contribution < -0.4 is 0 Å². The van der Waals surface area contributed by atoms with Gasteiger partial charge in [0.05, 0.1) is 11.7 Å². The normalized spacial score (nSPS) is 27.0. The molecule has 1 fully saturated rings. The van der Waals surface area contributed by atoms with Crippen molar-refractivity contribution in [2.75, 3.05) is 0 Å². The van der Waals surface area contributed by atoms with Gasteiger partial charge in [-0.2, -0.15) is 10.2 Å². The molecule has 1 aromatic carbocycles. The number of azo groups is 1. The maximum absolute atomic E-state index is 4.41. The summed E-state index contributed by atoms with van der Waals surface area (Å²) in [6.07, 6.45) is 5.02. The molecule has 0 heterocycles. The van der Waals surface area contributed by atoms with Gasteiger partial charge in [-0.15, -0.1) is 0 Å². The van der Waals surface area contributed by atoms with E-state index in [1.165, 1.54) is 25.7 Å². The highest BCUT2D eigenvalue weighted by atomic mass is 15.1. The van der Waals surface area contributed by atoms with Crippen molar-refractivity contribution in [2.45, 2.75) is 38.6 Å². The van der Waals surface area contributed by atoms with E-state index in [2.05, 4.69) is 17.2 Å². The van der Waals surface area contributed by atoms with E-state index in [4.69, 9.17) is 0 Å². The van der Waals surface area contributed by atoms with Gasteiger partial charge < -0.3 is 0 Å². The molecule has 0 spiro atoms. The molecule has 0 bridgehead atoms. The van der Waals surface area contributed by atoms with Crippen molar-refractivity contribution in [3.63, 3.8) is 0 Å². The Morgan fingerprint density at radius 3 is 2.33 bits per heavy atom. The maximum atomic E-state index is 4.41. The molecular weight excluding hydrogens is 184 g/mol. The lowest BCUT2D eigenvalue weighted by Crippen LogP contribution is -2.14. The number of rotatable bonds is 2. The molecule has 0 N–H and O–H groups in total. The van der Waals surface area contributed by atoms with Gasteiger partial charge in [0.15, 0.2) is 0 Å². The Morgan fingerprint density at radius 2 is 1.67 bits per heavy atom. The number of nitrogens with zero attached hydrogens (tertiary/aromatic N) is 2. The fourth-order valence-electron chi connectivity index (χ4n) is 2.00. The summed E-state index contributed by atoms with van der Waals surface area (Å²) < 4.78 is 0. The average Bonchev–Trinajstić information content (AvgIpc) is 2.30. The summed E-state index contributed by atoms with van der Waals surface area (Å²) in [5, 5.41) is 8.69. The van der Waals surface area contributed by atoms with E-state index in [0.29, 0.717) is 6.04 Å². The van der Waals surface area contributed by atoms with E-state index in [-0.39, 0.29) is 0 Å². The van der Waals surface area contributed by atoms with Crippen molar-refractivity contribution >= 4 is 5.69 Å². The number of benzene rings is 1. The van der Waals surface area contributed by atoms with Gasteiger partial charge in [0, 0.05) is 0 Å². The van der Waals surface area contributed by atoms with Crippen LogP contribution in [0.15, 0.2) is 40.6 Å². The van der Waals surface area contributed by atoms with E-state index >= 15 is 0 Å². The molecule has 2 nitrogen and oxygen atoms in total. The average molecular weight is 202 g/mol. The Kier molecular flexibility index (Phi) is 3.49. The molecule has 1 aliphatic carbocycles. The molecule has 0 aromatic heterocycles. The Morgan fingerprint density at radius 1 is 1.00 bits per heavy atom. The van der Waals surface area contributed by atoms with E-state index in [1.54, 1.807) is 0 Å². The third-order valence-electron chi connectivity index (χ3n) is 3.08. The van der Waals surface area contributed by atoms with Crippen LogP contribution in [0.1, 0.15) is 32.6 Å². The standard InChI is InChI=1S/C13H18N2/c1-11-7-9-13(10-8-11)15-14-12-5-3-2-4-6-12/h2-6,11,13H,7-10H2,1H3/b15-14+. The predicted molar refractivity (Wildman–Crippen MR) is 62.4 cm³/mol. The predicted octanol–water partition coefficient (Wildman–Crippen LogP) is 4.35. The summed E-state index contributed by atoms with van der Waals surface area (Å²) in [7, 11) is 0. The second-order valence-corrected chi connectivity index (χ2v) is 4.46. The van der Waals surface area contributed by atoms with Crippen molar-refractivity contribution in [1.82, 2.24) is 0 Å². The first kappa shape index (κ1) is 10.3. The van der Waals surface area contributed by atoms with Crippen LogP contribution in [0.3, 0.4) is 0 Å². The third kappa shape index (κ3) is 3.15. The van der Waals surface area contributed by atoms with Gasteiger partial charge in [-0.25, -0.2) is 0 Å². The summed E-state index contributed by atoms with van der Waals surface area (Å²) in [5.41, 5.74) is 0.969. The van der Waals surface area contributed by atoms with Crippen molar-refractivity contribution in [3.8, 4) is 0 Å². The minimum absolute atomic E-state index is 0.460. The molecule has 0 unspecified atom stereocenters. The highest BCUT2D eigenvalue weighted by Crippen LogP contribution is 2.26. The van der Waals surface area contributed by atoms with Crippen LogP contribution in [0, 0.1) is 5.92 Å².